The van der Waals surface area contributed by atoms with Gasteiger partial charge in [0.2, 0.25) is 5.01 Å². The maximum absolute atomic E-state index is 10.9. The highest BCUT2D eigenvalue weighted by Crippen LogP contribution is 2.08. The lowest BCUT2D eigenvalue weighted by atomic mass is 10.7. The second kappa shape index (κ2) is 3.43. The van der Waals surface area contributed by atoms with E-state index in [0.717, 1.165) is 5.01 Å². The fourth-order valence-electron chi connectivity index (χ4n) is 0.572. The summed E-state index contributed by atoms with van der Waals surface area (Å²) in [5.74, 6) is -0.391. The second-order valence-corrected chi connectivity index (χ2v) is 3.03. The third kappa shape index (κ3) is 1.98. The number of aryl methyl sites for hydroxylation is 1. The molecule has 0 saturated carbocycles. The van der Waals surface area contributed by atoms with Gasteiger partial charge in [0.25, 0.3) is 0 Å². The minimum Gasteiger partial charge on any atom is -0.461 e. The molecule has 0 aromatic carbocycles. The van der Waals surface area contributed by atoms with Crippen LogP contribution < -0.4 is 0 Å². The molecule has 1 aromatic rings. The van der Waals surface area contributed by atoms with Crippen LogP contribution in [0.15, 0.2) is 0 Å². The zero-order valence-corrected chi connectivity index (χ0v) is 7.14. The number of ether oxygens (including phenoxy) is 1. The van der Waals surface area contributed by atoms with Gasteiger partial charge in [-0.2, -0.15) is 0 Å². The average Bonchev–Trinajstić information content (AvgIpc) is 2.36. The van der Waals surface area contributed by atoms with Crippen molar-refractivity contribution < 1.29 is 9.53 Å². The van der Waals surface area contributed by atoms with Crippen molar-refractivity contribution in [1.29, 1.82) is 0 Å². The van der Waals surface area contributed by atoms with Crippen molar-refractivity contribution in [3.63, 3.8) is 0 Å². The van der Waals surface area contributed by atoms with Crippen LogP contribution in [0.4, 0.5) is 0 Å². The Morgan fingerprint density at radius 2 is 2.36 bits per heavy atom. The molecule has 1 heterocycles. The van der Waals surface area contributed by atoms with Crippen molar-refractivity contribution in [1.82, 2.24) is 10.2 Å². The van der Waals surface area contributed by atoms with Crippen LogP contribution in [0.25, 0.3) is 0 Å². The Morgan fingerprint density at radius 3 is 2.82 bits per heavy atom. The van der Waals surface area contributed by atoms with E-state index in [4.69, 9.17) is 4.74 Å². The highest BCUT2D eigenvalue weighted by molar-refractivity contribution is 7.13. The molecule has 0 aliphatic heterocycles. The number of carbonyl (C=O) groups excluding carboxylic acids is 1. The number of nitrogens with zero attached hydrogens (tertiary/aromatic N) is 2. The quantitative estimate of drug-likeness (QED) is 0.625. The average molecular weight is 172 g/mol. The summed E-state index contributed by atoms with van der Waals surface area (Å²) in [4.78, 5) is 10.9. The molecule has 0 N–H and O–H groups in total. The Kier molecular flexibility index (Phi) is 2.53. The minimum atomic E-state index is -0.391. The number of hydrogen-bond donors (Lipinski definition) is 0. The molecular formula is C6H8N2O2S. The van der Waals surface area contributed by atoms with Gasteiger partial charge in [0.15, 0.2) is 0 Å². The van der Waals surface area contributed by atoms with Gasteiger partial charge in [0, 0.05) is 0 Å². The standard InChI is InChI=1S/C6H8N2O2S/c1-3-10-6(9)5-8-7-4(2)11-5/h3H2,1-2H3. The maximum Gasteiger partial charge on any atom is 0.369 e. The second-order valence-electron chi connectivity index (χ2n) is 1.85. The molecule has 0 atom stereocenters. The van der Waals surface area contributed by atoms with Crippen LogP contribution in [0.2, 0.25) is 0 Å². The predicted octanol–water partition coefficient (Wildman–Crippen LogP) is 1.02. The smallest absolute Gasteiger partial charge is 0.369 e. The molecule has 1 aromatic heterocycles. The molecule has 0 spiro atoms. The first-order valence-corrected chi connectivity index (χ1v) is 4.03. The van der Waals surface area contributed by atoms with Gasteiger partial charge in [0.1, 0.15) is 5.01 Å². The molecule has 0 aliphatic carbocycles. The SMILES string of the molecule is CCOC(=O)c1nnc(C)s1. The summed E-state index contributed by atoms with van der Waals surface area (Å²) in [5.41, 5.74) is 0. The summed E-state index contributed by atoms with van der Waals surface area (Å²) in [6.45, 7) is 3.92. The van der Waals surface area contributed by atoms with E-state index in [9.17, 15) is 4.79 Å². The number of rotatable bonds is 2. The van der Waals surface area contributed by atoms with Crippen LogP contribution in [0.5, 0.6) is 0 Å². The third-order valence-corrected chi connectivity index (χ3v) is 1.79. The van der Waals surface area contributed by atoms with Crippen molar-refractivity contribution in [2.24, 2.45) is 0 Å². The zero-order valence-electron chi connectivity index (χ0n) is 6.33. The molecule has 5 heteroatoms. The van der Waals surface area contributed by atoms with Gasteiger partial charge in [0.05, 0.1) is 6.61 Å². The van der Waals surface area contributed by atoms with Gasteiger partial charge in [-0.25, -0.2) is 4.79 Å². The van der Waals surface area contributed by atoms with E-state index >= 15 is 0 Å². The molecule has 11 heavy (non-hydrogen) atoms. The zero-order chi connectivity index (χ0) is 8.27. The number of carbonyl (C=O) groups is 1. The van der Waals surface area contributed by atoms with Crippen molar-refractivity contribution >= 4 is 17.3 Å². The Labute approximate surface area is 68.2 Å². The van der Waals surface area contributed by atoms with Gasteiger partial charge < -0.3 is 4.74 Å². The maximum atomic E-state index is 10.9. The highest BCUT2D eigenvalue weighted by Gasteiger charge is 2.10. The Balaban J connectivity index is 2.69. The Morgan fingerprint density at radius 1 is 1.64 bits per heavy atom. The first-order chi connectivity index (χ1) is 5.24. The predicted molar refractivity (Wildman–Crippen MR) is 40.6 cm³/mol. The van der Waals surface area contributed by atoms with Gasteiger partial charge >= 0.3 is 5.97 Å². The normalized spacial score (nSPS) is 9.64. The molecule has 0 aliphatic rings. The fraction of sp³-hybridized carbons (Fsp3) is 0.500. The number of esters is 1. The first-order valence-electron chi connectivity index (χ1n) is 3.21. The van der Waals surface area contributed by atoms with E-state index in [0.29, 0.717) is 11.6 Å². The summed E-state index contributed by atoms with van der Waals surface area (Å²) in [7, 11) is 0. The monoisotopic (exact) mass is 172 g/mol. The Bertz CT molecular complexity index is 259. The first kappa shape index (κ1) is 8.13. The molecule has 0 unspecified atom stereocenters. The van der Waals surface area contributed by atoms with E-state index in [1.165, 1.54) is 11.3 Å². The van der Waals surface area contributed by atoms with E-state index in [1.54, 1.807) is 13.8 Å². The van der Waals surface area contributed by atoms with Crippen LogP contribution in [0.1, 0.15) is 21.7 Å². The molecule has 0 fully saturated rings. The summed E-state index contributed by atoms with van der Waals surface area (Å²) in [6.07, 6.45) is 0. The van der Waals surface area contributed by atoms with Crippen molar-refractivity contribution in [2.75, 3.05) is 6.61 Å². The molecule has 0 amide bonds. The molecule has 0 saturated heterocycles. The molecule has 1 rings (SSSR count). The van der Waals surface area contributed by atoms with Gasteiger partial charge in [-0.3, -0.25) is 0 Å². The molecular weight excluding hydrogens is 164 g/mol. The van der Waals surface area contributed by atoms with E-state index in [-0.39, 0.29) is 0 Å². The van der Waals surface area contributed by atoms with Crippen LogP contribution in [-0.4, -0.2) is 22.8 Å². The summed E-state index contributed by atoms with van der Waals surface area (Å²) < 4.78 is 4.71. The third-order valence-electron chi connectivity index (χ3n) is 0.976. The van der Waals surface area contributed by atoms with Crippen molar-refractivity contribution in [3.8, 4) is 0 Å². The Hall–Kier alpha value is -0.970. The lowest BCUT2D eigenvalue weighted by Crippen LogP contribution is -2.03. The van der Waals surface area contributed by atoms with Crippen molar-refractivity contribution in [2.45, 2.75) is 13.8 Å². The van der Waals surface area contributed by atoms with Crippen LogP contribution in [0.3, 0.4) is 0 Å². The lowest BCUT2D eigenvalue weighted by molar-refractivity contribution is 0.0525. The van der Waals surface area contributed by atoms with E-state index < -0.39 is 5.97 Å². The molecule has 4 nitrogen and oxygen atoms in total. The van der Waals surface area contributed by atoms with E-state index in [1.807, 2.05) is 0 Å². The van der Waals surface area contributed by atoms with Crippen LogP contribution in [0, 0.1) is 6.92 Å². The summed E-state index contributed by atoms with van der Waals surface area (Å²) >= 11 is 1.24. The minimum absolute atomic E-state index is 0.323. The largest absolute Gasteiger partial charge is 0.461 e. The van der Waals surface area contributed by atoms with E-state index in [2.05, 4.69) is 10.2 Å². The molecule has 60 valence electrons. The van der Waals surface area contributed by atoms with Gasteiger partial charge in [-0.1, -0.05) is 11.3 Å². The van der Waals surface area contributed by atoms with Gasteiger partial charge in [-0.15, -0.1) is 10.2 Å². The highest BCUT2D eigenvalue weighted by atomic mass is 32.1. The van der Waals surface area contributed by atoms with Crippen LogP contribution >= 0.6 is 11.3 Å². The summed E-state index contributed by atoms with van der Waals surface area (Å²) in [6, 6.07) is 0. The molecule has 0 bridgehead atoms. The lowest BCUT2D eigenvalue weighted by Gasteiger charge is -1.93. The topological polar surface area (TPSA) is 52.1 Å². The molecule has 0 radical (unpaired) electrons. The number of hydrogen-bond acceptors (Lipinski definition) is 5. The van der Waals surface area contributed by atoms with Crippen LogP contribution in [-0.2, 0) is 4.74 Å². The number of aromatic nitrogens is 2. The summed E-state index contributed by atoms with van der Waals surface area (Å²) in [5, 5.41) is 8.41. The van der Waals surface area contributed by atoms with Gasteiger partial charge in [-0.05, 0) is 13.8 Å². The fourth-order valence-corrected chi connectivity index (χ4v) is 1.16. The van der Waals surface area contributed by atoms with Crippen molar-refractivity contribution in [3.05, 3.63) is 10.0 Å².